The lowest BCUT2D eigenvalue weighted by atomic mass is 9.95. The van der Waals surface area contributed by atoms with Crippen LogP contribution in [-0.4, -0.2) is 67.0 Å². The monoisotopic (exact) mass is 462 g/mol. The molecule has 2 aromatic carbocycles. The van der Waals surface area contributed by atoms with E-state index in [1.807, 2.05) is 19.0 Å². The lowest BCUT2D eigenvalue weighted by molar-refractivity contribution is -0.140. The lowest BCUT2D eigenvalue weighted by Gasteiger charge is -2.26. The number of likely N-dealkylation sites (N-methyl/N-ethyl adjacent to an activating group) is 1. The number of ketones is 1. The third-order valence-corrected chi connectivity index (χ3v) is 5.39. The predicted octanol–water partition coefficient (Wildman–Crippen LogP) is 3.80. The molecule has 0 spiro atoms. The minimum Gasteiger partial charge on any atom is -0.507 e. The number of aliphatic hydroxyl groups excluding tert-OH is 1. The summed E-state index contributed by atoms with van der Waals surface area (Å²) in [4.78, 5) is 29.5. The molecule has 178 valence electrons. The molecule has 7 nitrogen and oxygen atoms in total. The molecule has 0 saturated carbocycles. The molecular formula is C27H30N2O5. The van der Waals surface area contributed by atoms with Gasteiger partial charge in [0.1, 0.15) is 30.5 Å². The first-order valence-electron chi connectivity index (χ1n) is 11.0. The van der Waals surface area contributed by atoms with E-state index in [0.717, 1.165) is 0 Å². The first-order valence-corrected chi connectivity index (χ1v) is 11.0. The van der Waals surface area contributed by atoms with Crippen LogP contribution in [0.3, 0.4) is 0 Å². The Morgan fingerprint density at radius 2 is 1.50 bits per heavy atom. The second-order valence-corrected chi connectivity index (χ2v) is 8.09. The largest absolute Gasteiger partial charge is 0.507 e. The maximum Gasteiger partial charge on any atom is 0.295 e. The first kappa shape index (κ1) is 24.8. The Morgan fingerprint density at radius 3 is 2.00 bits per heavy atom. The number of amides is 1. The molecule has 1 aliphatic rings. The fourth-order valence-corrected chi connectivity index (χ4v) is 3.69. The molecule has 3 rings (SSSR count). The molecule has 1 heterocycles. The molecule has 0 unspecified atom stereocenters. The zero-order valence-electron chi connectivity index (χ0n) is 19.6. The van der Waals surface area contributed by atoms with Gasteiger partial charge in [-0.25, -0.2) is 0 Å². The summed E-state index contributed by atoms with van der Waals surface area (Å²) in [6.07, 6.45) is 3.29. The van der Waals surface area contributed by atoms with E-state index in [9.17, 15) is 14.7 Å². The van der Waals surface area contributed by atoms with E-state index in [4.69, 9.17) is 9.47 Å². The van der Waals surface area contributed by atoms with Crippen molar-refractivity contribution in [3.63, 3.8) is 0 Å². The van der Waals surface area contributed by atoms with Gasteiger partial charge >= 0.3 is 0 Å². The van der Waals surface area contributed by atoms with Gasteiger partial charge in [0.25, 0.3) is 11.7 Å². The highest BCUT2D eigenvalue weighted by Crippen LogP contribution is 2.39. The standard InChI is InChI=1S/C27H30N2O5/c1-5-17-33-21-11-7-19(8-12-21)24-23(26(31)27(32)29(24)16-15-28(3)4)25(30)20-9-13-22(14-10-20)34-18-6-2/h5-14,24,30H,1-2,15-18H2,3-4H3/b25-23+/t24-/m0/s1. The van der Waals surface area contributed by atoms with Crippen molar-refractivity contribution < 1.29 is 24.2 Å². The van der Waals surface area contributed by atoms with Gasteiger partial charge in [-0.3, -0.25) is 9.59 Å². The van der Waals surface area contributed by atoms with Crippen molar-refractivity contribution >= 4 is 17.4 Å². The average molecular weight is 463 g/mol. The van der Waals surface area contributed by atoms with E-state index in [-0.39, 0.29) is 11.3 Å². The minimum atomic E-state index is -0.718. The number of benzene rings is 2. The predicted molar refractivity (Wildman–Crippen MR) is 132 cm³/mol. The van der Waals surface area contributed by atoms with Crippen LogP contribution in [0.25, 0.3) is 5.76 Å². The van der Waals surface area contributed by atoms with Crippen molar-refractivity contribution in [1.29, 1.82) is 0 Å². The molecule has 0 aliphatic carbocycles. The molecule has 1 atom stereocenters. The van der Waals surface area contributed by atoms with E-state index >= 15 is 0 Å². The maximum absolute atomic E-state index is 13.1. The van der Waals surface area contributed by atoms with Crippen molar-refractivity contribution in [3.05, 3.63) is 90.5 Å². The van der Waals surface area contributed by atoms with E-state index in [1.165, 1.54) is 4.90 Å². The number of aliphatic hydroxyl groups is 1. The molecule has 1 amide bonds. The van der Waals surface area contributed by atoms with E-state index in [0.29, 0.717) is 48.9 Å². The SMILES string of the molecule is C=CCOc1ccc(/C(O)=C2\C(=O)C(=O)N(CCN(C)C)[C@H]2c2ccc(OCC=C)cc2)cc1. The van der Waals surface area contributed by atoms with Crippen molar-refractivity contribution in [1.82, 2.24) is 9.80 Å². The second kappa shape index (κ2) is 11.3. The fraction of sp³-hybridized carbons (Fsp3) is 0.259. The number of carbonyl (C=O) groups excluding carboxylic acids is 2. The van der Waals surface area contributed by atoms with Gasteiger partial charge in [-0.1, -0.05) is 37.4 Å². The first-order chi connectivity index (χ1) is 16.4. The molecule has 1 aliphatic heterocycles. The van der Waals surface area contributed by atoms with Gasteiger partial charge in [0.05, 0.1) is 11.6 Å². The number of likely N-dealkylation sites (tertiary alicyclic amines) is 1. The molecule has 34 heavy (non-hydrogen) atoms. The Labute approximate surface area is 200 Å². The molecule has 7 heteroatoms. The molecule has 1 N–H and O–H groups in total. The number of hydrogen-bond donors (Lipinski definition) is 1. The highest BCUT2D eigenvalue weighted by Gasteiger charge is 2.45. The summed E-state index contributed by atoms with van der Waals surface area (Å²) in [5, 5.41) is 11.1. The normalized spacial score (nSPS) is 17.1. The van der Waals surface area contributed by atoms with Crippen LogP contribution in [0.5, 0.6) is 11.5 Å². The molecule has 2 aromatic rings. The summed E-state index contributed by atoms with van der Waals surface area (Å²) in [5.74, 6) is -0.317. The van der Waals surface area contributed by atoms with Crippen LogP contribution >= 0.6 is 0 Å². The number of hydrogen-bond acceptors (Lipinski definition) is 6. The highest BCUT2D eigenvalue weighted by atomic mass is 16.5. The Kier molecular flexibility index (Phi) is 8.27. The Morgan fingerprint density at radius 1 is 0.971 bits per heavy atom. The van der Waals surface area contributed by atoms with Crippen LogP contribution in [0.15, 0.2) is 79.4 Å². The molecule has 0 bridgehead atoms. The van der Waals surface area contributed by atoms with Gasteiger partial charge in [-0.05, 0) is 56.1 Å². The summed E-state index contributed by atoms with van der Waals surface area (Å²) >= 11 is 0. The molecule has 1 saturated heterocycles. The number of rotatable bonds is 11. The van der Waals surface area contributed by atoms with Crippen LogP contribution in [0.2, 0.25) is 0 Å². The number of nitrogens with zero attached hydrogens (tertiary/aromatic N) is 2. The zero-order chi connectivity index (χ0) is 24.7. The summed E-state index contributed by atoms with van der Waals surface area (Å²) in [6, 6.07) is 13.1. The lowest BCUT2D eigenvalue weighted by Crippen LogP contribution is -2.35. The van der Waals surface area contributed by atoms with Crippen LogP contribution < -0.4 is 9.47 Å². The fourth-order valence-electron chi connectivity index (χ4n) is 3.69. The van der Waals surface area contributed by atoms with Gasteiger partial charge in [0.2, 0.25) is 0 Å². The van der Waals surface area contributed by atoms with Gasteiger partial charge in [-0.15, -0.1) is 0 Å². The van der Waals surface area contributed by atoms with E-state index in [1.54, 1.807) is 60.7 Å². The van der Waals surface area contributed by atoms with Crippen molar-refractivity contribution in [2.24, 2.45) is 0 Å². The quantitative estimate of drug-likeness (QED) is 0.237. The van der Waals surface area contributed by atoms with Gasteiger partial charge < -0.3 is 24.4 Å². The molecule has 0 radical (unpaired) electrons. The molecular weight excluding hydrogens is 432 g/mol. The Balaban J connectivity index is 2.03. The summed E-state index contributed by atoms with van der Waals surface area (Å²) in [7, 11) is 3.79. The summed E-state index contributed by atoms with van der Waals surface area (Å²) in [6.45, 7) is 8.89. The Bertz CT molecular complexity index is 1070. The number of Topliss-reactive ketones (excluding diaryl/α,β-unsaturated/α-hetero) is 1. The molecule has 0 aromatic heterocycles. The number of ether oxygens (including phenoxy) is 2. The Hall–Kier alpha value is -3.84. The van der Waals surface area contributed by atoms with Crippen molar-refractivity contribution in [2.75, 3.05) is 40.4 Å². The van der Waals surface area contributed by atoms with Crippen molar-refractivity contribution in [2.45, 2.75) is 6.04 Å². The van der Waals surface area contributed by atoms with Gasteiger partial charge in [-0.2, -0.15) is 0 Å². The third kappa shape index (κ3) is 5.55. The topological polar surface area (TPSA) is 79.3 Å². The van der Waals surface area contributed by atoms with Crippen molar-refractivity contribution in [3.8, 4) is 11.5 Å². The van der Waals surface area contributed by atoms with Gasteiger partial charge in [0.15, 0.2) is 0 Å². The zero-order valence-corrected chi connectivity index (χ0v) is 19.6. The summed E-state index contributed by atoms with van der Waals surface area (Å²) in [5.41, 5.74) is 1.19. The maximum atomic E-state index is 13.1. The molecule has 1 fully saturated rings. The third-order valence-electron chi connectivity index (χ3n) is 5.39. The van der Waals surface area contributed by atoms with Crippen LogP contribution in [0.1, 0.15) is 17.2 Å². The smallest absolute Gasteiger partial charge is 0.295 e. The average Bonchev–Trinajstić information content (AvgIpc) is 3.10. The highest BCUT2D eigenvalue weighted by molar-refractivity contribution is 6.46. The number of carbonyl (C=O) groups is 2. The van der Waals surface area contributed by atoms with Crippen LogP contribution in [-0.2, 0) is 9.59 Å². The summed E-state index contributed by atoms with van der Waals surface area (Å²) < 4.78 is 11.0. The van der Waals surface area contributed by atoms with Crippen LogP contribution in [0, 0.1) is 0 Å². The van der Waals surface area contributed by atoms with Gasteiger partial charge in [0, 0.05) is 18.7 Å². The van der Waals surface area contributed by atoms with Crippen LogP contribution in [0.4, 0.5) is 0 Å². The van der Waals surface area contributed by atoms with E-state index in [2.05, 4.69) is 13.2 Å². The second-order valence-electron chi connectivity index (χ2n) is 8.09. The van der Waals surface area contributed by atoms with E-state index < -0.39 is 17.7 Å². The minimum absolute atomic E-state index is 0.0586.